The molecular formula is C18H17N3O3S. The average molecular weight is 355 g/mol. The van der Waals surface area contributed by atoms with Gasteiger partial charge in [-0.25, -0.2) is 4.98 Å². The summed E-state index contributed by atoms with van der Waals surface area (Å²) in [6, 6.07) is 11.5. The molecule has 1 aromatic carbocycles. The topological polar surface area (TPSA) is 103 Å². The van der Waals surface area contributed by atoms with E-state index in [2.05, 4.69) is 16.4 Å². The van der Waals surface area contributed by atoms with Crippen LogP contribution in [0.4, 0.5) is 5.13 Å². The number of amides is 1. The summed E-state index contributed by atoms with van der Waals surface area (Å²) in [6.07, 6.45) is 2.16. The Kier molecular flexibility index (Phi) is 5.10. The molecule has 0 aliphatic heterocycles. The Morgan fingerprint density at radius 1 is 1.16 bits per heavy atom. The van der Waals surface area contributed by atoms with Crippen molar-refractivity contribution < 1.29 is 14.7 Å². The smallest absolute Gasteiger partial charge is 0.306 e. The Balaban J connectivity index is 1.70. The third-order valence-electron chi connectivity index (χ3n) is 4.45. The van der Waals surface area contributed by atoms with Crippen LogP contribution >= 0.6 is 11.3 Å². The highest BCUT2D eigenvalue weighted by Gasteiger charge is 2.30. The van der Waals surface area contributed by atoms with Gasteiger partial charge < -0.3 is 10.4 Å². The van der Waals surface area contributed by atoms with Crippen molar-refractivity contribution in [3.05, 3.63) is 35.2 Å². The Hall–Kier alpha value is -2.72. The van der Waals surface area contributed by atoms with Gasteiger partial charge in [-0.15, -0.1) is 0 Å². The average Bonchev–Trinajstić information content (AvgIpc) is 3.05. The SMILES string of the molecule is N#Cc1sc(NC(=O)[C@H]2CC[C@H](C(=O)O)CC2)nc1-c1ccccc1. The summed E-state index contributed by atoms with van der Waals surface area (Å²) < 4.78 is 0. The molecule has 1 amide bonds. The molecule has 3 rings (SSSR count). The number of carboxylic acid groups (broad SMARTS) is 1. The molecule has 1 aromatic heterocycles. The molecule has 1 aliphatic carbocycles. The van der Waals surface area contributed by atoms with Crippen LogP contribution in [0.2, 0.25) is 0 Å². The van der Waals surface area contributed by atoms with E-state index in [9.17, 15) is 14.9 Å². The number of carbonyl (C=O) groups excluding carboxylic acids is 1. The maximum absolute atomic E-state index is 12.4. The van der Waals surface area contributed by atoms with E-state index in [4.69, 9.17) is 5.11 Å². The molecule has 2 N–H and O–H groups in total. The number of hydrogen-bond donors (Lipinski definition) is 2. The molecule has 1 aliphatic rings. The summed E-state index contributed by atoms with van der Waals surface area (Å²) in [7, 11) is 0. The van der Waals surface area contributed by atoms with Crippen LogP contribution in [0.1, 0.15) is 30.6 Å². The van der Waals surface area contributed by atoms with Crippen molar-refractivity contribution in [2.75, 3.05) is 5.32 Å². The van der Waals surface area contributed by atoms with E-state index in [1.54, 1.807) is 0 Å². The van der Waals surface area contributed by atoms with Crippen LogP contribution < -0.4 is 5.32 Å². The summed E-state index contributed by atoms with van der Waals surface area (Å²) in [6.45, 7) is 0. The minimum atomic E-state index is -0.787. The molecular weight excluding hydrogens is 338 g/mol. The maximum Gasteiger partial charge on any atom is 0.306 e. The molecule has 0 spiro atoms. The fourth-order valence-electron chi connectivity index (χ4n) is 3.05. The van der Waals surface area contributed by atoms with E-state index in [1.807, 2.05) is 30.3 Å². The Bertz CT molecular complexity index is 818. The number of rotatable bonds is 4. The second-order valence-electron chi connectivity index (χ2n) is 6.05. The molecule has 7 heteroatoms. The van der Waals surface area contributed by atoms with E-state index in [0.29, 0.717) is 41.4 Å². The first kappa shape index (κ1) is 17.1. The number of nitrogens with one attached hydrogen (secondary N) is 1. The van der Waals surface area contributed by atoms with Crippen LogP contribution in [0, 0.1) is 23.2 Å². The van der Waals surface area contributed by atoms with Gasteiger partial charge in [0.05, 0.1) is 5.92 Å². The van der Waals surface area contributed by atoms with Crippen LogP contribution in [0.25, 0.3) is 11.3 Å². The molecule has 0 unspecified atom stereocenters. The predicted molar refractivity (Wildman–Crippen MR) is 94.0 cm³/mol. The van der Waals surface area contributed by atoms with E-state index < -0.39 is 5.97 Å². The number of aliphatic carboxylic acids is 1. The zero-order valence-corrected chi connectivity index (χ0v) is 14.3. The molecule has 0 saturated heterocycles. The minimum Gasteiger partial charge on any atom is -0.481 e. The maximum atomic E-state index is 12.4. The number of carbonyl (C=O) groups is 2. The molecule has 2 aromatic rings. The first-order valence-corrected chi connectivity index (χ1v) is 8.90. The minimum absolute atomic E-state index is 0.151. The number of anilines is 1. The number of nitrogens with zero attached hydrogens (tertiary/aromatic N) is 2. The molecule has 1 fully saturated rings. The summed E-state index contributed by atoms with van der Waals surface area (Å²) in [5, 5.41) is 21.5. The largest absolute Gasteiger partial charge is 0.481 e. The zero-order chi connectivity index (χ0) is 17.8. The lowest BCUT2D eigenvalue weighted by molar-refractivity contribution is -0.143. The fourth-order valence-corrected chi connectivity index (χ4v) is 3.84. The number of aromatic nitrogens is 1. The van der Waals surface area contributed by atoms with E-state index in [0.717, 1.165) is 16.9 Å². The van der Waals surface area contributed by atoms with Gasteiger partial charge in [-0.2, -0.15) is 5.26 Å². The van der Waals surface area contributed by atoms with Gasteiger partial charge in [0.1, 0.15) is 16.6 Å². The van der Waals surface area contributed by atoms with Crippen molar-refractivity contribution in [2.45, 2.75) is 25.7 Å². The number of nitriles is 1. The Morgan fingerprint density at radius 2 is 1.80 bits per heavy atom. The Morgan fingerprint density at radius 3 is 2.40 bits per heavy atom. The summed E-state index contributed by atoms with van der Waals surface area (Å²) in [5.41, 5.74) is 1.40. The van der Waals surface area contributed by atoms with Gasteiger partial charge in [-0.05, 0) is 25.7 Å². The lowest BCUT2D eigenvalue weighted by Gasteiger charge is -2.24. The van der Waals surface area contributed by atoms with E-state index in [-0.39, 0.29) is 17.7 Å². The first-order valence-electron chi connectivity index (χ1n) is 8.08. The molecule has 128 valence electrons. The van der Waals surface area contributed by atoms with Gasteiger partial charge in [0.25, 0.3) is 0 Å². The van der Waals surface area contributed by atoms with Crippen LogP contribution in [0.5, 0.6) is 0 Å². The number of thiazole rings is 1. The van der Waals surface area contributed by atoms with Crippen molar-refractivity contribution in [1.29, 1.82) is 5.26 Å². The quantitative estimate of drug-likeness (QED) is 0.873. The van der Waals surface area contributed by atoms with E-state index >= 15 is 0 Å². The predicted octanol–water partition coefficient (Wildman–Crippen LogP) is 3.51. The Labute approximate surface area is 149 Å². The van der Waals surface area contributed by atoms with Crippen LogP contribution in [-0.4, -0.2) is 22.0 Å². The monoisotopic (exact) mass is 355 g/mol. The van der Waals surface area contributed by atoms with Crippen molar-refractivity contribution in [2.24, 2.45) is 11.8 Å². The van der Waals surface area contributed by atoms with Gasteiger partial charge in [0.15, 0.2) is 5.13 Å². The summed E-state index contributed by atoms with van der Waals surface area (Å²) in [5.74, 6) is -1.49. The lowest BCUT2D eigenvalue weighted by atomic mass is 9.81. The molecule has 6 nitrogen and oxygen atoms in total. The lowest BCUT2D eigenvalue weighted by Crippen LogP contribution is -2.29. The second kappa shape index (κ2) is 7.45. The molecule has 25 heavy (non-hydrogen) atoms. The van der Waals surface area contributed by atoms with E-state index in [1.165, 1.54) is 0 Å². The summed E-state index contributed by atoms with van der Waals surface area (Å²) >= 11 is 1.15. The zero-order valence-electron chi connectivity index (χ0n) is 13.4. The molecule has 0 bridgehead atoms. The molecule has 0 atom stereocenters. The van der Waals surface area contributed by atoms with Crippen molar-refractivity contribution in [1.82, 2.24) is 4.98 Å². The standard InChI is InChI=1S/C18H17N3O3S/c19-10-14-15(11-4-2-1-3-5-11)20-18(25-14)21-16(22)12-6-8-13(9-7-12)17(23)24/h1-5,12-13H,6-9H2,(H,23,24)(H,20,21,22)/t12-,13-. The van der Waals surface area contributed by atoms with Crippen molar-refractivity contribution >= 4 is 28.3 Å². The highest BCUT2D eigenvalue weighted by atomic mass is 32.1. The molecule has 0 radical (unpaired) electrons. The van der Waals surface area contributed by atoms with Crippen LogP contribution in [-0.2, 0) is 9.59 Å². The van der Waals surface area contributed by atoms with Gasteiger partial charge in [-0.3, -0.25) is 9.59 Å². The third kappa shape index (κ3) is 3.86. The van der Waals surface area contributed by atoms with Gasteiger partial charge in [0.2, 0.25) is 5.91 Å². The van der Waals surface area contributed by atoms with Crippen LogP contribution in [0.3, 0.4) is 0 Å². The molecule has 1 heterocycles. The van der Waals surface area contributed by atoms with Gasteiger partial charge in [-0.1, -0.05) is 41.7 Å². The first-order chi connectivity index (χ1) is 12.1. The third-order valence-corrected chi connectivity index (χ3v) is 5.33. The highest BCUT2D eigenvalue weighted by Crippen LogP contribution is 2.33. The van der Waals surface area contributed by atoms with Crippen molar-refractivity contribution in [3.8, 4) is 17.3 Å². The summed E-state index contributed by atoms with van der Waals surface area (Å²) in [4.78, 5) is 28.3. The normalized spacial score (nSPS) is 19.8. The van der Waals surface area contributed by atoms with Crippen molar-refractivity contribution in [3.63, 3.8) is 0 Å². The number of hydrogen-bond acceptors (Lipinski definition) is 5. The molecule has 1 saturated carbocycles. The highest BCUT2D eigenvalue weighted by molar-refractivity contribution is 7.16. The van der Waals surface area contributed by atoms with Gasteiger partial charge >= 0.3 is 5.97 Å². The number of carboxylic acids is 1. The second-order valence-corrected chi connectivity index (χ2v) is 7.05. The number of benzene rings is 1. The van der Waals surface area contributed by atoms with Gasteiger partial charge in [0, 0.05) is 11.5 Å². The fraction of sp³-hybridized carbons (Fsp3) is 0.333. The van der Waals surface area contributed by atoms with Crippen LogP contribution in [0.15, 0.2) is 30.3 Å².